The molecule has 2 N–H and O–H groups in total. The first kappa shape index (κ1) is 8.84. The lowest BCUT2D eigenvalue weighted by molar-refractivity contribution is -0.392. The number of hydrogen-bond acceptors (Lipinski definition) is 6. The summed E-state index contributed by atoms with van der Waals surface area (Å²) in [6, 6.07) is 1.87. The van der Waals surface area contributed by atoms with Crippen molar-refractivity contribution in [3.8, 4) is 0 Å². The van der Waals surface area contributed by atoms with Crippen molar-refractivity contribution in [2.45, 2.75) is 0 Å². The van der Waals surface area contributed by atoms with E-state index in [1.165, 1.54) is 0 Å². The van der Waals surface area contributed by atoms with Crippen LogP contribution in [0.4, 0.5) is 17.3 Å². The smallest absolute Gasteiger partial charge is 0.358 e. The lowest BCUT2D eigenvalue weighted by atomic mass is 10.4. The minimum absolute atomic E-state index is 0.439. The topological polar surface area (TPSA) is 125 Å². The highest BCUT2D eigenvalue weighted by atomic mass is 16.6. The van der Waals surface area contributed by atoms with E-state index in [1.807, 2.05) is 0 Å². The van der Waals surface area contributed by atoms with Gasteiger partial charge >= 0.3 is 17.3 Å². The number of pyridine rings is 1. The number of hydrogen-bond donors (Lipinski definition) is 1. The van der Waals surface area contributed by atoms with Crippen molar-refractivity contribution in [1.29, 1.82) is 0 Å². The Hall–Kier alpha value is -2.25. The molecule has 1 heterocycles. The van der Waals surface area contributed by atoms with Gasteiger partial charge in [-0.05, 0) is 9.91 Å². The van der Waals surface area contributed by atoms with Crippen molar-refractivity contribution < 1.29 is 9.85 Å². The predicted molar refractivity (Wildman–Crippen MR) is 42.0 cm³/mol. The highest BCUT2D eigenvalue weighted by molar-refractivity contribution is 5.54. The summed E-state index contributed by atoms with van der Waals surface area (Å²) in [4.78, 5) is 22.1. The average molecular weight is 184 g/mol. The molecule has 13 heavy (non-hydrogen) atoms. The number of nitrogens with zero attached hydrogens (tertiary/aromatic N) is 3. The van der Waals surface area contributed by atoms with Gasteiger partial charge in [0.25, 0.3) is 0 Å². The van der Waals surface area contributed by atoms with Crippen LogP contribution in [0.2, 0.25) is 0 Å². The van der Waals surface area contributed by atoms with Crippen LogP contribution >= 0.6 is 0 Å². The van der Waals surface area contributed by atoms with Gasteiger partial charge < -0.3 is 15.8 Å². The monoisotopic (exact) mass is 184 g/mol. The van der Waals surface area contributed by atoms with Crippen LogP contribution in [-0.4, -0.2) is 14.8 Å². The molecule has 0 amide bonds. The SMILES string of the molecule is Nc1nc([N+](=O)[O-])ccc1[N+](=O)[O-]. The molecule has 0 aliphatic carbocycles. The summed E-state index contributed by atoms with van der Waals surface area (Å²) in [6.07, 6.45) is 0. The molecule has 1 aromatic heterocycles. The van der Waals surface area contributed by atoms with Gasteiger partial charge in [-0.3, -0.25) is 10.1 Å². The van der Waals surface area contributed by atoms with Crippen LogP contribution in [0.25, 0.3) is 0 Å². The van der Waals surface area contributed by atoms with Gasteiger partial charge in [0.15, 0.2) is 0 Å². The van der Waals surface area contributed by atoms with Crippen LogP contribution in [0.5, 0.6) is 0 Å². The minimum Gasteiger partial charge on any atom is -0.358 e. The summed E-state index contributed by atoms with van der Waals surface area (Å²) in [7, 11) is 0. The molecule has 0 unspecified atom stereocenters. The van der Waals surface area contributed by atoms with E-state index in [0.29, 0.717) is 0 Å². The molecule has 8 nitrogen and oxygen atoms in total. The van der Waals surface area contributed by atoms with Crippen LogP contribution in [0.15, 0.2) is 12.1 Å². The molecule has 0 aliphatic heterocycles. The fourth-order valence-corrected chi connectivity index (χ4v) is 0.713. The Labute approximate surface area is 71.3 Å². The molecular formula is C5H4N4O4. The number of nitro groups is 2. The zero-order valence-electron chi connectivity index (χ0n) is 6.21. The Bertz CT molecular complexity index is 377. The zero-order chi connectivity index (χ0) is 10.0. The minimum atomic E-state index is -0.778. The maximum Gasteiger partial charge on any atom is 0.366 e. The van der Waals surface area contributed by atoms with Crippen LogP contribution in [-0.2, 0) is 0 Å². The maximum atomic E-state index is 10.2. The quantitative estimate of drug-likeness (QED) is 0.526. The summed E-state index contributed by atoms with van der Waals surface area (Å²) in [5, 5.41) is 20.4. The van der Waals surface area contributed by atoms with Crippen LogP contribution in [0.3, 0.4) is 0 Å². The van der Waals surface area contributed by atoms with E-state index >= 15 is 0 Å². The molecule has 0 atom stereocenters. The van der Waals surface area contributed by atoms with E-state index in [9.17, 15) is 20.2 Å². The molecule has 0 spiro atoms. The van der Waals surface area contributed by atoms with Gasteiger partial charge in [-0.2, -0.15) is 0 Å². The van der Waals surface area contributed by atoms with Gasteiger partial charge in [0.1, 0.15) is 0 Å². The van der Waals surface area contributed by atoms with Gasteiger partial charge in [-0.1, -0.05) is 0 Å². The zero-order valence-corrected chi connectivity index (χ0v) is 6.21. The molecule has 0 aromatic carbocycles. The predicted octanol–water partition coefficient (Wildman–Crippen LogP) is 0.480. The number of aromatic nitrogens is 1. The second-order valence-electron chi connectivity index (χ2n) is 2.09. The standard InChI is InChI=1S/C5H4N4O4/c6-5-3(8(10)11)1-2-4(7-5)9(12)13/h1-2H,(H2,6,7). The summed E-state index contributed by atoms with van der Waals surface area (Å²) >= 11 is 0. The highest BCUT2D eigenvalue weighted by Crippen LogP contribution is 2.21. The van der Waals surface area contributed by atoms with Crippen molar-refractivity contribution >= 4 is 17.3 Å². The molecule has 0 saturated carbocycles. The number of nitrogen functional groups attached to an aromatic ring is 1. The largest absolute Gasteiger partial charge is 0.366 e. The Morgan fingerprint density at radius 2 is 1.85 bits per heavy atom. The van der Waals surface area contributed by atoms with Gasteiger partial charge in [0.05, 0.1) is 4.92 Å². The number of rotatable bonds is 2. The molecule has 1 aromatic rings. The number of nitrogens with two attached hydrogens (primary N) is 1. The van der Waals surface area contributed by atoms with Crippen LogP contribution in [0.1, 0.15) is 0 Å². The van der Waals surface area contributed by atoms with Crippen molar-refractivity contribution in [3.05, 3.63) is 32.4 Å². The fraction of sp³-hybridized carbons (Fsp3) is 0. The Kier molecular flexibility index (Phi) is 2.05. The fourth-order valence-electron chi connectivity index (χ4n) is 0.713. The first-order valence-electron chi connectivity index (χ1n) is 3.07. The van der Waals surface area contributed by atoms with Crippen molar-refractivity contribution in [3.63, 3.8) is 0 Å². The summed E-state index contributed by atoms with van der Waals surface area (Å²) in [5.74, 6) is -0.970. The third-order valence-corrected chi connectivity index (χ3v) is 1.27. The summed E-state index contributed by atoms with van der Waals surface area (Å²) < 4.78 is 0. The molecule has 1 rings (SSSR count). The van der Waals surface area contributed by atoms with E-state index in [0.717, 1.165) is 12.1 Å². The van der Waals surface area contributed by atoms with Gasteiger partial charge in [-0.15, -0.1) is 0 Å². The van der Waals surface area contributed by atoms with Crippen molar-refractivity contribution in [2.24, 2.45) is 0 Å². The van der Waals surface area contributed by atoms with Gasteiger partial charge in [0, 0.05) is 12.1 Å². The molecule has 0 radical (unpaired) electrons. The molecule has 0 saturated heterocycles. The van der Waals surface area contributed by atoms with E-state index in [2.05, 4.69) is 4.98 Å². The molecule has 0 fully saturated rings. The average Bonchev–Trinajstić information content (AvgIpc) is 2.03. The maximum absolute atomic E-state index is 10.2. The summed E-state index contributed by atoms with van der Waals surface area (Å²) in [6.45, 7) is 0. The Morgan fingerprint density at radius 3 is 2.23 bits per heavy atom. The third kappa shape index (κ3) is 1.67. The van der Waals surface area contributed by atoms with Crippen molar-refractivity contribution in [1.82, 2.24) is 4.98 Å². The van der Waals surface area contributed by atoms with E-state index in [4.69, 9.17) is 5.73 Å². The van der Waals surface area contributed by atoms with E-state index in [-0.39, 0.29) is 0 Å². The van der Waals surface area contributed by atoms with Crippen LogP contribution in [0, 0.1) is 20.2 Å². The second kappa shape index (κ2) is 3.01. The van der Waals surface area contributed by atoms with E-state index < -0.39 is 27.2 Å². The molecule has 68 valence electrons. The van der Waals surface area contributed by atoms with Gasteiger partial charge in [-0.25, -0.2) is 0 Å². The highest BCUT2D eigenvalue weighted by Gasteiger charge is 2.20. The van der Waals surface area contributed by atoms with Gasteiger partial charge in [0.2, 0.25) is 0 Å². The Morgan fingerprint density at radius 1 is 1.23 bits per heavy atom. The number of anilines is 1. The molecule has 0 bridgehead atoms. The first-order chi connectivity index (χ1) is 6.02. The third-order valence-electron chi connectivity index (χ3n) is 1.27. The summed E-state index contributed by atoms with van der Waals surface area (Å²) in [5.41, 5.74) is 4.66. The lowest BCUT2D eigenvalue weighted by Crippen LogP contribution is -2.01. The lowest BCUT2D eigenvalue weighted by Gasteiger charge is -1.93. The van der Waals surface area contributed by atoms with E-state index in [1.54, 1.807) is 0 Å². The van der Waals surface area contributed by atoms with Crippen molar-refractivity contribution in [2.75, 3.05) is 5.73 Å². The van der Waals surface area contributed by atoms with Crippen LogP contribution < -0.4 is 5.73 Å². The molecule has 8 heteroatoms. The normalized spacial score (nSPS) is 9.54. The molecular weight excluding hydrogens is 180 g/mol. The first-order valence-corrected chi connectivity index (χ1v) is 3.07. The Balaban J connectivity index is 3.20. The molecule has 0 aliphatic rings. The second-order valence-corrected chi connectivity index (χ2v) is 2.09.